The molecule has 8 nitrogen and oxygen atoms in total. The van der Waals surface area contributed by atoms with Crippen molar-refractivity contribution < 1.29 is 28.6 Å². The van der Waals surface area contributed by atoms with Gasteiger partial charge in [0.25, 0.3) is 5.78 Å². The fourth-order valence-electron chi connectivity index (χ4n) is 3.52. The summed E-state index contributed by atoms with van der Waals surface area (Å²) >= 11 is 0.947. The molecular weight excluding hydrogens is 432 g/mol. The molecule has 1 amide bonds. The molecule has 0 unspecified atom stereocenters. The number of benzene rings is 1. The van der Waals surface area contributed by atoms with Gasteiger partial charge in [0.15, 0.2) is 5.13 Å². The molecule has 0 saturated carbocycles. The third-order valence-corrected chi connectivity index (χ3v) is 6.11. The van der Waals surface area contributed by atoms with Crippen LogP contribution in [0.2, 0.25) is 0 Å². The number of thiazole rings is 1. The molecule has 1 fully saturated rings. The van der Waals surface area contributed by atoms with Gasteiger partial charge in [0.2, 0.25) is 0 Å². The Hall–Kier alpha value is -3.72. The molecule has 3 aromatic rings. The predicted molar refractivity (Wildman–Crippen MR) is 117 cm³/mol. The largest absolute Gasteiger partial charge is 0.507 e. The molecule has 0 bridgehead atoms. The van der Waals surface area contributed by atoms with Gasteiger partial charge in [-0.25, -0.2) is 9.78 Å². The van der Waals surface area contributed by atoms with Gasteiger partial charge in [0.05, 0.1) is 17.9 Å². The second-order valence-corrected chi connectivity index (χ2v) is 8.09. The number of aliphatic hydroxyl groups excluding tert-OH is 1. The van der Waals surface area contributed by atoms with E-state index in [1.165, 1.54) is 0 Å². The van der Waals surface area contributed by atoms with Gasteiger partial charge in [0.1, 0.15) is 28.2 Å². The van der Waals surface area contributed by atoms with Gasteiger partial charge >= 0.3 is 11.9 Å². The van der Waals surface area contributed by atoms with Crippen molar-refractivity contribution in [1.82, 2.24) is 4.98 Å². The number of anilines is 1. The van der Waals surface area contributed by atoms with E-state index in [0.29, 0.717) is 22.8 Å². The molecule has 1 aromatic carbocycles. The van der Waals surface area contributed by atoms with Crippen molar-refractivity contribution in [2.45, 2.75) is 26.8 Å². The summed E-state index contributed by atoms with van der Waals surface area (Å²) in [6, 6.07) is 10.8. The SMILES string of the molecule is CCOC(=O)c1sc(N2C(=O)C(=O)/C(=C(/O)c3ccccc3)[C@H]2c2ccc(C)o2)nc1C. The van der Waals surface area contributed by atoms with Crippen LogP contribution in [0.25, 0.3) is 5.76 Å². The molecule has 1 saturated heterocycles. The van der Waals surface area contributed by atoms with E-state index < -0.39 is 23.7 Å². The number of aliphatic hydroxyl groups is 1. The number of nitrogens with zero attached hydrogens (tertiary/aromatic N) is 2. The first-order chi connectivity index (χ1) is 15.3. The van der Waals surface area contributed by atoms with E-state index in [2.05, 4.69) is 4.98 Å². The van der Waals surface area contributed by atoms with Gasteiger partial charge < -0.3 is 14.3 Å². The van der Waals surface area contributed by atoms with Crippen LogP contribution >= 0.6 is 11.3 Å². The van der Waals surface area contributed by atoms with Crippen LogP contribution in [0.4, 0.5) is 5.13 Å². The minimum atomic E-state index is -1.04. The highest BCUT2D eigenvalue weighted by molar-refractivity contribution is 7.17. The summed E-state index contributed by atoms with van der Waals surface area (Å²) in [6.45, 7) is 5.24. The molecule has 9 heteroatoms. The van der Waals surface area contributed by atoms with Gasteiger partial charge in [-0.05, 0) is 32.9 Å². The highest BCUT2D eigenvalue weighted by Gasteiger charge is 2.49. The van der Waals surface area contributed by atoms with E-state index in [-0.39, 0.29) is 27.9 Å². The maximum Gasteiger partial charge on any atom is 0.350 e. The van der Waals surface area contributed by atoms with E-state index in [1.54, 1.807) is 63.2 Å². The standard InChI is InChI=1S/C23H20N2O6S/c1-4-30-22(29)20-13(3)24-23(32-20)25-17(15-11-10-12(2)31-15)16(19(27)21(25)28)18(26)14-8-6-5-7-9-14/h5-11,17,26H,4H2,1-3H3/b18-16+/t17-/m1/s1. The number of ether oxygens (including phenoxy) is 1. The Morgan fingerprint density at radius 1 is 1.19 bits per heavy atom. The Bertz CT molecular complexity index is 1240. The molecule has 2 aromatic heterocycles. The molecule has 1 N–H and O–H groups in total. The van der Waals surface area contributed by atoms with Crippen LogP contribution in [0.1, 0.15) is 45.4 Å². The van der Waals surface area contributed by atoms with Crippen LogP contribution in [0.3, 0.4) is 0 Å². The second kappa shape index (κ2) is 8.43. The van der Waals surface area contributed by atoms with E-state index in [4.69, 9.17) is 9.15 Å². The summed E-state index contributed by atoms with van der Waals surface area (Å²) in [7, 11) is 0. The van der Waals surface area contributed by atoms with Crippen molar-refractivity contribution in [1.29, 1.82) is 0 Å². The fourth-order valence-corrected chi connectivity index (χ4v) is 4.51. The fraction of sp³-hybridized carbons (Fsp3) is 0.217. The smallest absolute Gasteiger partial charge is 0.350 e. The van der Waals surface area contributed by atoms with Gasteiger partial charge in [-0.2, -0.15) is 0 Å². The number of esters is 1. The van der Waals surface area contributed by atoms with Crippen molar-refractivity contribution >= 4 is 39.9 Å². The second-order valence-electron chi connectivity index (χ2n) is 7.11. The van der Waals surface area contributed by atoms with E-state index in [9.17, 15) is 19.5 Å². The van der Waals surface area contributed by atoms with Crippen LogP contribution in [0.15, 0.2) is 52.5 Å². The predicted octanol–water partition coefficient (Wildman–Crippen LogP) is 4.16. The third-order valence-electron chi connectivity index (χ3n) is 4.97. The topological polar surface area (TPSA) is 110 Å². The first-order valence-corrected chi connectivity index (χ1v) is 10.7. The Labute approximate surface area is 187 Å². The highest BCUT2D eigenvalue weighted by atomic mass is 32.1. The number of carbonyl (C=O) groups excluding carboxylic acids is 3. The molecule has 4 rings (SSSR count). The quantitative estimate of drug-likeness (QED) is 0.268. The van der Waals surface area contributed by atoms with Gasteiger partial charge in [-0.3, -0.25) is 14.5 Å². The van der Waals surface area contributed by atoms with Gasteiger partial charge in [-0.1, -0.05) is 41.7 Å². The molecule has 0 aliphatic carbocycles. The summed E-state index contributed by atoms with van der Waals surface area (Å²) in [5, 5.41) is 11.1. The zero-order valence-corrected chi connectivity index (χ0v) is 18.4. The number of ketones is 1. The number of aromatic nitrogens is 1. The lowest BCUT2D eigenvalue weighted by Crippen LogP contribution is -2.29. The number of hydrogen-bond donors (Lipinski definition) is 1. The van der Waals surface area contributed by atoms with Crippen molar-refractivity contribution in [3.63, 3.8) is 0 Å². The summed E-state index contributed by atoms with van der Waals surface area (Å²) in [6.07, 6.45) is 0. The van der Waals surface area contributed by atoms with Gasteiger partial charge in [0, 0.05) is 5.56 Å². The summed E-state index contributed by atoms with van der Waals surface area (Å²) in [4.78, 5) is 44.2. The van der Waals surface area contributed by atoms with E-state index in [1.807, 2.05) is 0 Å². The lowest BCUT2D eigenvalue weighted by molar-refractivity contribution is -0.132. The lowest BCUT2D eigenvalue weighted by Gasteiger charge is -2.20. The lowest BCUT2D eigenvalue weighted by atomic mass is 9.99. The number of hydrogen-bond acceptors (Lipinski definition) is 8. The average molecular weight is 452 g/mol. The normalized spacial score (nSPS) is 17.7. The van der Waals surface area contributed by atoms with Crippen LogP contribution in [-0.4, -0.2) is 34.4 Å². The number of furan rings is 1. The van der Waals surface area contributed by atoms with Crippen LogP contribution in [-0.2, 0) is 14.3 Å². The maximum absolute atomic E-state index is 13.1. The van der Waals surface area contributed by atoms with Gasteiger partial charge in [-0.15, -0.1) is 0 Å². The number of Topliss-reactive ketones (excluding diaryl/α,β-unsaturated/α-hetero) is 1. The Kier molecular flexibility index (Phi) is 5.67. The molecule has 1 atom stereocenters. The summed E-state index contributed by atoms with van der Waals surface area (Å²) in [5.74, 6) is -1.73. The van der Waals surface area contributed by atoms with Crippen LogP contribution in [0, 0.1) is 13.8 Å². The molecule has 32 heavy (non-hydrogen) atoms. The monoisotopic (exact) mass is 452 g/mol. The molecule has 1 aliphatic heterocycles. The van der Waals surface area contributed by atoms with Crippen molar-refractivity contribution in [2.75, 3.05) is 11.5 Å². The van der Waals surface area contributed by atoms with Crippen molar-refractivity contribution in [3.05, 3.63) is 75.7 Å². The Morgan fingerprint density at radius 2 is 1.91 bits per heavy atom. The van der Waals surface area contributed by atoms with Crippen LogP contribution < -0.4 is 4.90 Å². The minimum Gasteiger partial charge on any atom is -0.507 e. The summed E-state index contributed by atoms with van der Waals surface area (Å²) < 4.78 is 10.8. The third kappa shape index (κ3) is 3.60. The Morgan fingerprint density at radius 3 is 2.53 bits per heavy atom. The number of carbonyl (C=O) groups is 3. The van der Waals surface area contributed by atoms with Crippen LogP contribution in [0.5, 0.6) is 0 Å². The molecule has 0 radical (unpaired) electrons. The number of amides is 1. The minimum absolute atomic E-state index is 0.110. The van der Waals surface area contributed by atoms with Crippen molar-refractivity contribution in [3.8, 4) is 0 Å². The molecule has 164 valence electrons. The zero-order valence-electron chi connectivity index (χ0n) is 17.6. The zero-order chi connectivity index (χ0) is 23.0. The molecule has 1 aliphatic rings. The Balaban J connectivity index is 1.89. The maximum atomic E-state index is 13.1. The average Bonchev–Trinajstić information content (AvgIpc) is 3.45. The molecular formula is C23H20N2O6S. The molecule has 3 heterocycles. The summed E-state index contributed by atoms with van der Waals surface area (Å²) in [5.41, 5.74) is 0.658. The first-order valence-electron chi connectivity index (χ1n) is 9.90. The number of rotatable bonds is 5. The van der Waals surface area contributed by atoms with E-state index in [0.717, 1.165) is 16.2 Å². The first kappa shape index (κ1) is 21.5. The van der Waals surface area contributed by atoms with Crippen molar-refractivity contribution in [2.24, 2.45) is 0 Å². The number of aryl methyl sites for hydroxylation is 2. The highest BCUT2D eigenvalue weighted by Crippen LogP contribution is 2.44. The van der Waals surface area contributed by atoms with E-state index >= 15 is 0 Å². The molecule has 0 spiro atoms.